The highest BCUT2D eigenvalue weighted by Crippen LogP contribution is 2.72. The van der Waals surface area contributed by atoms with Crippen LogP contribution in [0.2, 0.25) is 0 Å². The first-order valence-corrected chi connectivity index (χ1v) is 26.8. The van der Waals surface area contributed by atoms with Crippen molar-refractivity contribution in [2.75, 3.05) is 26.4 Å². The molecule has 16 N–H and O–H groups in total. The third-order valence-electron chi connectivity index (χ3n) is 19.1. The van der Waals surface area contributed by atoms with Gasteiger partial charge in [-0.1, -0.05) is 25.5 Å². The molecule has 10 rings (SSSR count). The Labute approximate surface area is 443 Å². The molecule has 5 heterocycles. The standard InChI is InChI=1S/C50H80O27/c1-17-11-50-9-6-25-48(3,7-5-8-49(25,4)47(67)77-45-40(35(63)30(58)23(15-53)72-45)75-44-38(66)34(62)29(57)22(14-52)71-44)26(50)10-19(17)20(12-50)69-46-41(76-42-36(64)32(60)27(55)18(2)68-42)39(31(59)24(16-54)73-46)74-43-37(65)33(61)28(56)21(13-51)70-43/h18-46,51-66H,1,5-16H2,2-4H3/t18?,19?,20-,21?,22?,23?,24?,25+,26+,27?,28?,29?,30?,31?,32?,33?,34?,35?,36?,37?,38?,39?,40?,41?,42?,43?,44?,45?,46?,48-,49-,50-/m1/s1. The van der Waals surface area contributed by atoms with Crippen LogP contribution in [0.25, 0.3) is 0 Å². The van der Waals surface area contributed by atoms with E-state index in [0.29, 0.717) is 44.9 Å². The average molecular weight is 1110 g/mol. The van der Waals surface area contributed by atoms with Crippen molar-refractivity contribution >= 4 is 5.97 Å². The lowest BCUT2D eigenvalue weighted by Crippen LogP contribution is -2.68. The monoisotopic (exact) mass is 1110 g/mol. The Morgan fingerprint density at radius 3 is 1.58 bits per heavy atom. The smallest absolute Gasteiger partial charge is 0.314 e. The van der Waals surface area contributed by atoms with Crippen LogP contribution in [0, 0.1) is 34.0 Å². The van der Waals surface area contributed by atoms with Crippen LogP contribution in [-0.4, -0.2) is 274 Å². The maximum Gasteiger partial charge on any atom is 0.314 e. The van der Waals surface area contributed by atoms with E-state index in [1.807, 2.05) is 0 Å². The highest BCUT2D eigenvalue weighted by atomic mass is 16.8. The summed E-state index contributed by atoms with van der Waals surface area (Å²) in [6.45, 7) is 6.67. The van der Waals surface area contributed by atoms with Crippen molar-refractivity contribution in [3.8, 4) is 0 Å². The molecule has 0 aromatic heterocycles. The first-order valence-electron chi connectivity index (χ1n) is 26.8. The summed E-state index contributed by atoms with van der Waals surface area (Å²) in [5.41, 5.74) is -1.30. The number of aliphatic hydroxyl groups is 16. The zero-order valence-corrected chi connectivity index (χ0v) is 43.1. The van der Waals surface area contributed by atoms with Gasteiger partial charge in [0.1, 0.15) is 110 Å². The number of hydrogen-bond acceptors (Lipinski definition) is 27. The van der Waals surface area contributed by atoms with Gasteiger partial charge in [0.2, 0.25) is 6.29 Å². The molecule has 5 saturated heterocycles. The van der Waals surface area contributed by atoms with Crippen molar-refractivity contribution in [1.29, 1.82) is 0 Å². The van der Waals surface area contributed by atoms with Gasteiger partial charge >= 0.3 is 5.97 Å². The van der Waals surface area contributed by atoms with Gasteiger partial charge in [0.25, 0.3) is 0 Å². The fraction of sp³-hybridized carbons (Fsp3) is 0.940. The molecule has 77 heavy (non-hydrogen) atoms. The summed E-state index contributed by atoms with van der Waals surface area (Å²) in [5, 5.41) is 170. The lowest BCUT2D eigenvalue weighted by molar-refractivity contribution is -0.397. The van der Waals surface area contributed by atoms with Gasteiger partial charge in [-0.15, -0.1) is 0 Å². The van der Waals surface area contributed by atoms with Crippen LogP contribution < -0.4 is 0 Å². The van der Waals surface area contributed by atoms with E-state index in [2.05, 4.69) is 13.5 Å². The Bertz CT molecular complexity index is 2040. The number of carbonyl (C=O) groups is 1. The van der Waals surface area contributed by atoms with E-state index < -0.39 is 208 Å². The van der Waals surface area contributed by atoms with Gasteiger partial charge in [-0.25, -0.2) is 0 Å². The molecule has 0 aromatic rings. The quantitative estimate of drug-likeness (QED) is 0.0437. The SMILES string of the molecule is C=C1C[C@@]23CC[C@H]4[C@@](C)(CCC[C@@]4(C)C(=O)OC4OC(CO)C(O)C(O)C4OC4OC(CO)C(O)C(O)C4O)[C@@H]2CC1[C@H](OC1OC(CO)C(O)C(OC2OC(CO)C(O)C(O)C2O)C1OC1OC(C)C(O)C(O)C1O)C3. The molecule has 10 fully saturated rings. The van der Waals surface area contributed by atoms with Gasteiger partial charge in [0, 0.05) is 5.92 Å². The minimum absolute atomic E-state index is 0.0331. The Hall–Kier alpha value is -1.79. The lowest BCUT2D eigenvalue weighted by atomic mass is 9.36. The van der Waals surface area contributed by atoms with Crippen molar-refractivity contribution in [2.45, 2.75) is 232 Å². The molecule has 5 aliphatic heterocycles. The van der Waals surface area contributed by atoms with Gasteiger partial charge in [0.15, 0.2) is 31.3 Å². The summed E-state index contributed by atoms with van der Waals surface area (Å²) in [6.07, 6.45) is -38.8. The van der Waals surface area contributed by atoms with E-state index in [1.54, 1.807) is 6.92 Å². The fourth-order valence-corrected chi connectivity index (χ4v) is 14.8. The number of hydrogen-bond donors (Lipinski definition) is 16. The molecule has 5 aliphatic carbocycles. The summed E-state index contributed by atoms with van der Waals surface area (Å²) in [6, 6.07) is 0. The Balaban J connectivity index is 0.961. The Kier molecular flexibility index (Phi) is 17.9. The van der Waals surface area contributed by atoms with Crippen molar-refractivity contribution in [1.82, 2.24) is 0 Å². The number of ether oxygens (including phenoxy) is 10. The number of rotatable bonds is 14. The highest BCUT2D eigenvalue weighted by molar-refractivity contribution is 5.77. The molecule has 2 bridgehead atoms. The zero-order valence-electron chi connectivity index (χ0n) is 43.1. The molecule has 442 valence electrons. The van der Waals surface area contributed by atoms with Crippen LogP contribution in [0.15, 0.2) is 12.2 Å². The molecule has 1 spiro atoms. The van der Waals surface area contributed by atoms with Gasteiger partial charge < -0.3 is 129 Å². The van der Waals surface area contributed by atoms with Crippen molar-refractivity contribution < 1.29 is 134 Å². The van der Waals surface area contributed by atoms with Crippen molar-refractivity contribution in [2.24, 2.45) is 34.0 Å². The molecule has 32 atom stereocenters. The first kappa shape index (κ1) is 59.8. The minimum Gasteiger partial charge on any atom is -0.432 e. The highest BCUT2D eigenvalue weighted by Gasteiger charge is 2.68. The Morgan fingerprint density at radius 1 is 0.532 bits per heavy atom. The molecule has 27 heteroatoms. The summed E-state index contributed by atoms with van der Waals surface area (Å²) >= 11 is 0. The molecule has 27 nitrogen and oxygen atoms in total. The summed E-state index contributed by atoms with van der Waals surface area (Å²) in [7, 11) is 0. The van der Waals surface area contributed by atoms with Crippen molar-refractivity contribution in [3.05, 3.63) is 12.2 Å². The van der Waals surface area contributed by atoms with Crippen molar-refractivity contribution in [3.63, 3.8) is 0 Å². The molecule has 5 saturated carbocycles. The van der Waals surface area contributed by atoms with E-state index in [4.69, 9.17) is 47.4 Å². The number of fused-ring (bicyclic) bond motifs is 3. The maximum absolute atomic E-state index is 14.9. The van der Waals surface area contributed by atoms with E-state index in [9.17, 15) is 86.5 Å². The number of esters is 1. The molecule has 0 radical (unpaired) electrons. The van der Waals surface area contributed by atoms with Crippen LogP contribution >= 0.6 is 0 Å². The van der Waals surface area contributed by atoms with Gasteiger partial charge in [-0.05, 0) is 81.5 Å². The van der Waals surface area contributed by atoms with E-state index in [1.165, 1.54) is 6.92 Å². The predicted molar refractivity (Wildman–Crippen MR) is 250 cm³/mol. The first-order chi connectivity index (χ1) is 36.4. The maximum atomic E-state index is 14.9. The Morgan fingerprint density at radius 2 is 1.01 bits per heavy atom. The average Bonchev–Trinajstić information content (AvgIpc) is 3.52. The zero-order chi connectivity index (χ0) is 56.0. The van der Waals surface area contributed by atoms with E-state index in [0.717, 1.165) is 12.0 Å². The second kappa shape index (κ2) is 23.1. The molecular weight excluding hydrogens is 1030 g/mol. The summed E-state index contributed by atoms with van der Waals surface area (Å²) < 4.78 is 60.3. The second-order valence-electron chi connectivity index (χ2n) is 23.5. The topological polar surface area (TPSA) is 433 Å². The molecule has 26 unspecified atom stereocenters. The molecule has 0 amide bonds. The van der Waals surface area contributed by atoms with Gasteiger partial charge in [0.05, 0.1) is 44.1 Å². The fourth-order valence-electron chi connectivity index (χ4n) is 14.8. The van der Waals surface area contributed by atoms with Crippen LogP contribution in [0.3, 0.4) is 0 Å². The van der Waals surface area contributed by atoms with Gasteiger partial charge in [-0.2, -0.15) is 0 Å². The molecule has 10 aliphatic rings. The van der Waals surface area contributed by atoms with Crippen LogP contribution in [-0.2, 0) is 52.2 Å². The normalized spacial score (nSPS) is 55.1. The third-order valence-corrected chi connectivity index (χ3v) is 19.1. The second-order valence-corrected chi connectivity index (χ2v) is 23.5. The van der Waals surface area contributed by atoms with E-state index in [-0.39, 0.29) is 17.8 Å². The largest absolute Gasteiger partial charge is 0.432 e. The summed E-state index contributed by atoms with van der Waals surface area (Å²) in [4.78, 5) is 14.9. The minimum atomic E-state index is -1.95. The lowest BCUT2D eigenvalue weighted by Gasteiger charge is -2.69. The van der Waals surface area contributed by atoms with Crippen LogP contribution in [0.4, 0.5) is 0 Å². The van der Waals surface area contributed by atoms with Crippen LogP contribution in [0.5, 0.6) is 0 Å². The van der Waals surface area contributed by atoms with Gasteiger partial charge in [-0.3, -0.25) is 4.79 Å². The predicted octanol–water partition coefficient (Wildman–Crippen LogP) is -6.41. The van der Waals surface area contributed by atoms with Crippen LogP contribution in [0.1, 0.15) is 72.1 Å². The molecular formula is C50H80O27. The number of carbonyl (C=O) groups excluding carboxylic acids is 1. The van der Waals surface area contributed by atoms with E-state index >= 15 is 0 Å². The number of aliphatic hydroxyl groups excluding tert-OH is 16. The summed E-state index contributed by atoms with van der Waals surface area (Å²) in [5.74, 6) is -1.43. The molecule has 0 aromatic carbocycles. The third kappa shape index (κ3) is 10.5.